The van der Waals surface area contributed by atoms with E-state index in [1.807, 2.05) is 0 Å². The van der Waals surface area contributed by atoms with Crippen LogP contribution in [0.4, 0.5) is 20.0 Å². The Balaban J connectivity index is 1.92. The van der Waals surface area contributed by atoms with Crippen molar-refractivity contribution in [2.45, 2.75) is 6.42 Å². The predicted octanol–water partition coefficient (Wildman–Crippen LogP) is 2.64. The van der Waals surface area contributed by atoms with E-state index in [2.05, 4.69) is 20.4 Å². The van der Waals surface area contributed by atoms with Gasteiger partial charge in [0.1, 0.15) is 5.82 Å². The molecule has 2 aromatic rings. The first-order chi connectivity index (χ1) is 10.1. The lowest BCUT2D eigenvalue weighted by molar-refractivity contribution is -0.139. The molecule has 21 heavy (non-hydrogen) atoms. The number of nitrogens with one attached hydrogen (secondary N) is 2. The number of carbonyl (C=O) groups excluding carboxylic acids is 2. The summed E-state index contributed by atoms with van der Waals surface area (Å²) in [5.74, 6) is -0.849. The fourth-order valence-electron chi connectivity index (χ4n) is 1.49. The van der Waals surface area contributed by atoms with Crippen LogP contribution in [0.5, 0.6) is 0 Å². The lowest BCUT2D eigenvalue weighted by Gasteiger charge is -2.05. The molecule has 0 aliphatic carbocycles. The van der Waals surface area contributed by atoms with E-state index in [1.54, 1.807) is 11.4 Å². The zero-order valence-electron chi connectivity index (χ0n) is 11.1. The van der Waals surface area contributed by atoms with Crippen molar-refractivity contribution < 1.29 is 18.7 Å². The van der Waals surface area contributed by atoms with E-state index in [1.165, 1.54) is 36.6 Å². The van der Waals surface area contributed by atoms with Gasteiger partial charge in [0.05, 0.1) is 19.2 Å². The molecule has 0 fully saturated rings. The SMILES string of the molecule is COC(=O)Cc1csc(NC(=O)Nc2cccc(F)c2)n1. The number of anilines is 2. The highest BCUT2D eigenvalue weighted by atomic mass is 32.1. The molecule has 0 saturated heterocycles. The van der Waals surface area contributed by atoms with Crippen LogP contribution in [0.1, 0.15) is 5.69 Å². The topological polar surface area (TPSA) is 80.3 Å². The second-order valence-corrected chi connectivity index (χ2v) is 4.84. The zero-order chi connectivity index (χ0) is 15.2. The molecule has 2 N–H and O–H groups in total. The van der Waals surface area contributed by atoms with Gasteiger partial charge in [0.15, 0.2) is 5.13 Å². The molecule has 0 radical (unpaired) electrons. The largest absolute Gasteiger partial charge is 0.469 e. The molecule has 0 spiro atoms. The maximum Gasteiger partial charge on any atom is 0.325 e. The van der Waals surface area contributed by atoms with Gasteiger partial charge in [-0.2, -0.15) is 0 Å². The summed E-state index contributed by atoms with van der Waals surface area (Å²) in [6.45, 7) is 0. The summed E-state index contributed by atoms with van der Waals surface area (Å²) in [5, 5.41) is 6.97. The fourth-order valence-corrected chi connectivity index (χ4v) is 2.20. The third kappa shape index (κ3) is 4.53. The normalized spacial score (nSPS) is 10.0. The molecule has 2 rings (SSSR count). The maximum atomic E-state index is 13.0. The number of methoxy groups -OCH3 is 1. The summed E-state index contributed by atoms with van der Waals surface area (Å²) in [6.07, 6.45) is 0.0419. The van der Waals surface area contributed by atoms with Gasteiger partial charge in [0.25, 0.3) is 0 Å². The summed E-state index contributed by atoms with van der Waals surface area (Å²) in [4.78, 5) is 26.9. The Labute approximate surface area is 124 Å². The van der Waals surface area contributed by atoms with Crippen molar-refractivity contribution in [1.82, 2.24) is 4.98 Å². The molecule has 0 unspecified atom stereocenters. The third-order valence-corrected chi connectivity index (χ3v) is 3.21. The highest BCUT2D eigenvalue weighted by Gasteiger charge is 2.10. The minimum atomic E-state index is -0.542. The number of halogens is 1. The molecule has 6 nitrogen and oxygen atoms in total. The van der Waals surface area contributed by atoms with Gasteiger partial charge in [-0.15, -0.1) is 11.3 Å². The van der Waals surface area contributed by atoms with E-state index in [0.717, 1.165) is 0 Å². The van der Waals surface area contributed by atoms with Crippen molar-refractivity contribution in [3.8, 4) is 0 Å². The molecule has 0 aliphatic rings. The van der Waals surface area contributed by atoms with E-state index in [-0.39, 0.29) is 6.42 Å². The molecule has 1 aromatic carbocycles. The van der Waals surface area contributed by atoms with E-state index < -0.39 is 17.8 Å². The van der Waals surface area contributed by atoms with Gasteiger partial charge < -0.3 is 10.1 Å². The molecule has 1 aromatic heterocycles. The lowest BCUT2D eigenvalue weighted by Crippen LogP contribution is -2.19. The van der Waals surface area contributed by atoms with Gasteiger partial charge in [0.2, 0.25) is 0 Å². The van der Waals surface area contributed by atoms with Crippen LogP contribution in [-0.4, -0.2) is 24.1 Å². The number of amides is 2. The van der Waals surface area contributed by atoms with Crippen LogP contribution >= 0.6 is 11.3 Å². The number of urea groups is 1. The highest BCUT2D eigenvalue weighted by molar-refractivity contribution is 7.13. The van der Waals surface area contributed by atoms with Crippen molar-refractivity contribution in [2.75, 3.05) is 17.7 Å². The number of nitrogens with zero attached hydrogens (tertiary/aromatic N) is 1. The molecular weight excluding hydrogens is 297 g/mol. The standard InChI is InChI=1S/C13H12FN3O3S/c1-20-11(18)6-10-7-21-13(16-10)17-12(19)15-9-4-2-3-8(14)5-9/h2-5,7H,6H2,1H3,(H2,15,16,17,19). The quantitative estimate of drug-likeness (QED) is 0.851. The van der Waals surface area contributed by atoms with Gasteiger partial charge in [0, 0.05) is 11.1 Å². The number of benzene rings is 1. The average molecular weight is 309 g/mol. The van der Waals surface area contributed by atoms with Crippen LogP contribution in [0, 0.1) is 5.82 Å². The molecule has 8 heteroatoms. The van der Waals surface area contributed by atoms with Gasteiger partial charge in [-0.3, -0.25) is 10.1 Å². The molecular formula is C13H12FN3O3S. The number of hydrogen-bond acceptors (Lipinski definition) is 5. The van der Waals surface area contributed by atoms with Gasteiger partial charge in [-0.1, -0.05) is 6.07 Å². The van der Waals surface area contributed by atoms with Crippen LogP contribution in [-0.2, 0) is 16.0 Å². The molecule has 2 amide bonds. The van der Waals surface area contributed by atoms with Crippen LogP contribution in [0.2, 0.25) is 0 Å². The van der Waals surface area contributed by atoms with E-state index in [4.69, 9.17) is 0 Å². The number of esters is 1. The summed E-state index contributed by atoms with van der Waals surface area (Å²) in [6, 6.07) is 4.99. The van der Waals surface area contributed by atoms with E-state index >= 15 is 0 Å². The number of rotatable bonds is 4. The first-order valence-electron chi connectivity index (χ1n) is 5.91. The monoisotopic (exact) mass is 309 g/mol. The third-order valence-electron chi connectivity index (χ3n) is 2.41. The number of carbonyl (C=O) groups is 2. The number of thiazole rings is 1. The predicted molar refractivity (Wildman–Crippen MR) is 76.9 cm³/mol. The Bertz CT molecular complexity index is 660. The smallest absolute Gasteiger partial charge is 0.325 e. The average Bonchev–Trinajstić information content (AvgIpc) is 2.85. The van der Waals surface area contributed by atoms with Crippen molar-refractivity contribution in [1.29, 1.82) is 0 Å². The molecule has 0 saturated carbocycles. The highest BCUT2D eigenvalue weighted by Crippen LogP contribution is 2.17. The second-order valence-electron chi connectivity index (χ2n) is 3.99. The van der Waals surface area contributed by atoms with Crippen LogP contribution < -0.4 is 10.6 Å². The first kappa shape index (κ1) is 14.9. The first-order valence-corrected chi connectivity index (χ1v) is 6.79. The molecule has 110 valence electrons. The summed E-state index contributed by atoms with van der Waals surface area (Å²) in [7, 11) is 1.29. The maximum absolute atomic E-state index is 13.0. The summed E-state index contributed by atoms with van der Waals surface area (Å²) < 4.78 is 17.5. The zero-order valence-corrected chi connectivity index (χ0v) is 11.9. The Morgan fingerprint density at radius 3 is 2.90 bits per heavy atom. The Morgan fingerprint density at radius 2 is 2.19 bits per heavy atom. The molecule has 1 heterocycles. The van der Waals surface area contributed by atoms with Gasteiger partial charge >= 0.3 is 12.0 Å². The van der Waals surface area contributed by atoms with Crippen LogP contribution in [0.15, 0.2) is 29.6 Å². The Hall–Kier alpha value is -2.48. The minimum absolute atomic E-state index is 0.0419. The van der Waals surface area contributed by atoms with Crippen molar-refractivity contribution in [3.63, 3.8) is 0 Å². The van der Waals surface area contributed by atoms with Gasteiger partial charge in [-0.25, -0.2) is 14.2 Å². The molecule has 0 aliphatic heterocycles. The van der Waals surface area contributed by atoms with Crippen LogP contribution in [0.3, 0.4) is 0 Å². The fraction of sp³-hybridized carbons (Fsp3) is 0.154. The molecule has 0 bridgehead atoms. The summed E-state index contributed by atoms with van der Waals surface area (Å²) >= 11 is 1.18. The minimum Gasteiger partial charge on any atom is -0.469 e. The number of ether oxygens (including phenoxy) is 1. The van der Waals surface area contributed by atoms with Crippen molar-refractivity contribution in [2.24, 2.45) is 0 Å². The van der Waals surface area contributed by atoms with Crippen molar-refractivity contribution in [3.05, 3.63) is 41.2 Å². The van der Waals surface area contributed by atoms with Gasteiger partial charge in [-0.05, 0) is 18.2 Å². The number of hydrogen-bond donors (Lipinski definition) is 2. The second kappa shape index (κ2) is 6.80. The molecule has 0 atom stereocenters. The summed E-state index contributed by atoms with van der Waals surface area (Å²) in [5.41, 5.74) is 0.840. The van der Waals surface area contributed by atoms with E-state index in [0.29, 0.717) is 16.5 Å². The Kier molecular flexibility index (Phi) is 4.83. The van der Waals surface area contributed by atoms with Crippen molar-refractivity contribution >= 4 is 34.2 Å². The van der Waals surface area contributed by atoms with E-state index in [9.17, 15) is 14.0 Å². The number of aromatic nitrogens is 1. The van der Waals surface area contributed by atoms with Crippen LogP contribution in [0.25, 0.3) is 0 Å². The Morgan fingerprint density at radius 1 is 1.38 bits per heavy atom. The lowest BCUT2D eigenvalue weighted by atomic mass is 10.3.